The summed E-state index contributed by atoms with van der Waals surface area (Å²) in [6, 6.07) is 0. The summed E-state index contributed by atoms with van der Waals surface area (Å²) in [5.74, 6) is -0.183. The van der Waals surface area contributed by atoms with Crippen molar-refractivity contribution in [2.45, 2.75) is 40.0 Å². The predicted octanol–water partition coefficient (Wildman–Crippen LogP) is 0.428. The summed E-state index contributed by atoms with van der Waals surface area (Å²) >= 11 is 0. The van der Waals surface area contributed by atoms with Crippen LogP contribution in [0.25, 0.3) is 0 Å². The van der Waals surface area contributed by atoms with Gasteiger partial charge in [0.25, 0.3) is 0 Å². The Morgan fingerprint density at radius 1 is 1.24 bits per heavy atom. The average molecular weight is 244 g/mol. The molecule has 0 saturated heterocycles. The van der Waals surface area contributed by atoms with Gasteiger partial charge in [-0.3, -0.25) is 9.59 Å². The molecular weight excluding hydrogens is 220 g/mol. The van der Waals surface area contributed by atoms with Gasteiger partial charge in [-0.15, -0.1) is 0 Å². The molecule has 100 valence electrons. The van der Waals surface area contributed by atoms with E-state index in [-0.39, 0.29) is 23.8 Å². The van der Waals surface area contributed by atoms with Gasteiger partial charge in [-0.05, 0) is 18.3 Å². The number of nitrogens with one attached hydrogen (secondary N) is 2. The van der Waals surface area contributed by atoms with E-state index in [0.717, 1.165) is 12.8 Å². The third-order valence-electron chi connectivity index (χ3n) is 2.50. The monoisotopic (exact) mass is 244 g/mol. The number of rotatable bonds is 8. The molecule has 0 fully saturated rings. The van der Waals surface area contributed by atoms with Gasteiger partial charge >= 0.3 is 0 Å². The van der Waals surface area contributed by atoms with Crippen molar-refractivity contribution < 1.29 is 14.7 Å². The highest BCUT2D eigenvalue weighted by Gasteiger charge is 2.17. The van der Waals surface area contributed by atoms with Crippen LogP contribution in [-0.2, 0) is 9.59 Å². The lowest BCUT2D eigenvalue weighted by Gasteiger charge is -2.24. The highest BCUT2D eigenvalue weighted by Crippen LogP contribution is 2.20. The van der Waals surface area contributed by atoms with Gasteiger partial charge in [0.2, 0.25) is 11.8 Å². The normalized spacial score (nSPS) is 11.1. The average Bonchev–Trinajstić information content (AvgIpc) is 2.23. The van der Waals surface area contributed by atoms with Crippen LogP contribution in [0.3, 0.4) is 0 Å². The quantitative estimate of drug-likeness (QED) is 0.579. The zero-order valence-electron chi connectivity index (χ0n) is 11.0. The standard InChI is InChI=1S/C12H24N2O3/c1-10(16)13-7-5-11(17)14-9-12(2,3)6-4-8-15/h15H,4-9H2,1-3H3,(H,13,16)(H,14,17). The van der Waals surface area contributed by atoms with E-state index in [4.69, 9.17) is 5.11 Å². The molecule has 3 N–H and O–H groups in total. The predicted molar refractivity (Wildman–Crippen MR) is 66.4 cm³/mol. The maximum Gasteiger partial charge on any atom is 0.221 e. The summed E-state index contributed by atoms with van der Waals surface area (Å²) in [7, 11) is 0. The first-order valence-corrected chi connectivity index (χ1v) is 5.99. The SMILES string of the molecule is CC(=O)NCCC(=O)NCC(C)(C)CCCO. The van der Waals surface area contributed by atoms with E-state index in [1.165, 1.54) is 6.92 Å². The van der Waals surface area contributed by atoms with Gasteiger partial charge in [0.05, 0.1) is 0 Å². The van der Waals surface area contributed by atoms with E-state index in [0.29, 0.717) is 19.5 Å². The lowest BCUT2D eigenvalue weighted by Crippen LogP contribution is -2.36. The number of aliphatic hydroxyl groups is 1. The molecule has 0 heterocycles. The van der Waals surface area contributed by atoms with Gasteiger partial charge in [0, 0.05) is 33.0 Å². The van der Waals surface area contributed by atoms with E-state index in [1.807, 2.05) is 0 Å². The number of amides is 2. The summed E-state index contributed by atoms with van der Waals surface area (Å²) in [5, 5.41) is 14.2. The van der Waals surface area contributed by atoms with Crippen LogP contribution in [0.1, 0.15) is 40.0 Å². The minimum absolute atomic E-state index is 0.00755. The fourth-order valence-corrected chi connectivity index (χ4v) is 1.42. The summed E-state index contributed by atoms with van der Waals surface area (Å²) < 4.78 is 0. The van der Waals surface area contributed by atoms with Crippen molar-refractivity contribution in [3.8, 4) is 0 Å². The first kappa shape index (κ1) is 15.9. The topological polar surface area (TPSA) is 78.4 Å². The van der Waals surface area contributed by atoms with E-state index in [1.54, 1.807) is 0 Å². The molecule has 0 bridgehead atoms. The van der Waals surface area contributed by atoms with Gasteiger partial charge in [0.15, 0.2) is 0 Å². The van der Waals surface area contributed by atoms with Gasteiger partial charge in [-0.1, -0.05) is 13.8 Å². The zero-order valence-corrected chi connectivity index (χ0v) is 11.0. The molecule has 2 amide bonds. The molecule has 0 aromatic heterocycles. The minimum atomic E-state index is -0.124. The van der Waals surface area contributed by atoms with E-state index < -0.39 is 0 Å². The fraction of sp³-hybridized carbons (Fsp3) is 0.833. The maximum atomic E-state index is 11.4. The van der Waals surface area contributed by atoms with E-state index in [2.05, 4.69) is 24.5 Å². The first-order valence-electron chi connectivity index (χ1n) is 5.99. The Labute approximate surface area is 103 Å². The van der Waals surface area contributed by atoms with Crippen LogP contribution in [0.4, 0.5) is 0 Å². The second kappa shape index (κ2) is 8.06. The second-order valence-electron chi connectivity index (χ2n) is 5.00. The number of carbonyl (C=O) groups is 2. The molecule has 0 aliphatic rings. The third kappa shape index (κ3) is 9.81. The van der Waals surface area contributed by atoms with Crippen LogP contribution in [-0.4, -0.2) is 36.6 Å². The molecule has 17 heavy (non-hydrogen) atoms. The molecule has 0 saturated carbocycles. The minimum Gasteiger partial charge on any atom is -0.396 e. The molecule has 5 heteroatoms. The number of carbonyl (C=O) groups excluding carboxylic acids is 2. The molecule has 0 rings (SSSR count). The van der Waals surface area contributed by atoms with Crippen molar-refractivity contribution in [2.75, 3.05) is 19.7 Å². The van der Waals surface area contributed by atoms with Gasteiger partial charge in [-0.25, -0.2) is 0 Å². The Morgan fingerprint density at radius 2 is 1.88 bits per heavy atom. The van der Waals surface area contributed by atoms with Crippen LogP contribution in [0, 0.1) is 5.41 Å². The van der Waals surface area contributed by atoms with Crippen LogP contribution in [0.15, 0.2) is 0 Å². The van der Waals surface area contributed by atoms with Gasteiger partial charge in [-0.2, -0.15) is 0 Å². The summed E-state index contributed by atoms with van der Waals surface area (Å²) in [5.41, 5.74) is -0.00755. The molecule has 0 atom stereocenters. The highest BCUT2D eigenvalue weighted by atomic mass is 16.3. The van der Waals surface area contributed by atoms with Gasteiger partial charge < -0.3 is 15.7 Å². The van der Waals surface area contributed by atoms with Crippen molar-refractivity contribution in [1.29, 1.82) is 0 Å². The largest absolute Gasteiger partial charge is 0.396 e. The van der Waals surface area contributed by atoms with Crippen LogP contribution < -0.4 is 10.6 Å². The Morgan fingerprint density at radius 3 is 2.41 bits per heavy atom. The molecule has 0 aliphatic carbocycles. The van der Waals surface area contributed by atoms with Crippen molar-refractivity contribution in [1.82, 2.24) is 10.6 Å². The Balaban J connectivity index is 3.71. The molecule has 0 unspecified atom stereocenters. The third-order valence-corrected chi connectivity index (χ3v) is 2.50. The number of hydrogen-bond acceptors (Lipinski definition) is 3. The van der Waals surface area contributed by atoms with Crippen LogP contribution >= 0.6 is 0 Å². The zero-order chi connectivity index (χ0) is 13.3. The van der Waals surface area contributed by atoms with Crippen molar-refractivity contribution in [2.24, 2.45) is 5.41 Å². The number of hydrogen-bond donors (Lipinski definition) is 3. The van der Waals surface area contributed by atoms with E-state index in [9.17, 15) is 9.59 Å². The van der Waals surface area contributed by atoms with Crippen molar-refractivity contribution >= 4 is 11.8 Å². The van der Waals surface area contributed by atoms with Crippen LogP contribution in [0.2, 0.25) is 0 Å². The maximum absolute atomic E-state index is 11.4. The molecule has 0 aliphatic heterocycles. The highest BCUT2D eigenvalue weighted by molar-refractivity contribution is 5.77. The molecular formula is C12H24N2O3. The summed E-state index contributed by atoms with van der Waals surface area (Å²) in [6.45, 7) is 6.67. The Hall–Kier alpha value is -1.10. The van der Waals surface area contributed by atoms with Crippen molar-refractivity contribution in [3.05, 3.63) is 0 Å². The molecule has 0 radical (unpaired) electrons. The van der Waals surface area contributed by atoms with Crippen LogP contribution in [0.5, 0.6) is 0 Å². The molecule has 0 spiro atoms. The lowest BCUT2D eigenvalue weighted by molar-refractivity contribution is -0.122. The fourth-order valence-electron chi connectivity index (χ4n) is 1.42. The van der Waals surface area contributed by atoms with Crippen molar-refractivity contribution in [3.63, 3.8) is 0 Å². The Bertz CT molecular complexity index is 252. The Kier molecular flexibility index (Phi) is 7.54. The molecule has 0 aromatic carbocycles. The smallest absolute Gasteiger partial charge is 0.221 e. The van der Waals surface area contributed by atoms with E-state index >= 15 is 0 Å². The molecule has 0 aromatic rings. The lowest BCUT2D eigenvalue weighted by atomic mass is 9.88. The summed E-state index contributed by atoms with van der Waals surface area (Å²) in [6.07, 6.45) is 1.92. The first-order chi connectivity index (χ1) is 7.87. The molecule has 5 nitrogen and oxygen atoms in total. The number of aliphatic hydroxyl groups excluding tert-OH is 1. The van der Waals surface area contributed by atoms with Gasteiger partial charge in [0.1, 0.15) is 0 Å². The summed E-state index contributed by atoms with van der Waals surface area (Å²) in [4.78, 5) is 22.0. The second-order valence-corrected chi connectivity index (χ2v) is 5.00.